The third kappa shape index (κ3) is 4.12. The fourth-order valence-electron chi connectivity index (χ4n) is 1.62. The zero-order valence-corrected chi connectivity index (χ0v) is 11.3. The lowest BCUT2D eigenvalue weighted by atomic mass is 10.5. The van der Waals surface area contributed by atoms with Crippen molar-refractivity contribution in [3.63, 3.8) is 0 Å². The van der Waals surface area contributed by atoms with Crippen molar-refractivity contribution in [3.05, 3.63) is 33.1 Å². The first-order chi connectivity index (χ1) is 8.56. The van der Waals surface area contributed by atoms with E-state index < -0.39 is 0 Å². The van der Waals surface area contributed by atoms with E-state index in [0.29, 0.717) is 19.6 Å². The molecular weight excluding hydrogens is 232 g/mol. The number of aromatic nitrogens is 2. The van der Waals surface area contributed by atoms with E-state index in [1.807, 2.05) is 21.0 Å². The van der Waals surface area contributed by atoms with Crippen LogP contribution in [0.25, 0.3) is 0 Å². The highest BCUT2D eigenvalue weighted by Gasteiger charge is 2.03. The van der Waals surface area contributed by atoms with Crippen LogP contribution in [-0.4, -0.2) is 47.8 Å². The molecule has 0 unspecified atom stereocenters. The molecule has 0 amide bonds. The summed E-state index contributed by atoms with van der Waals surface area (Å²) in [6.07, 6.45) is 1.54. The van der Waals surface area contributed by atoms with Crippen LogP contribution in [0.3, 0.4) is 0 Å². The number of aryl methyl sites for hydroxylation is 1. The Labute approximate surface area is 107 Å². The predicted molar refractivity (Wildman–Crippen MR) is 72.1 cm³/mol. The number of nitrogens with zero attached hydrogens (tertiary/aromatic N) is 3. The van der Waals surface area contributed by atoms with Crippen molar-refractivity contribution in [1.29, 1.82) is 0 Å². The molecule has 102 valence electrons. The number of hydrogen-bond donors (Lipinski definition) is 1. The molecule has 0 atom stereocenters. The Balaban J connectivity index is 2.57. The maximum absolute atomic E-state index is 11.9. The molecule has 1 aromatic heterocycles. The quantitative estimate of drug-likeness (QED) is 0.646. The zero-order chi connectivity index (χ0) is 13.5. The molecule has 1 rings (SSSR count). The second kappa shape index (κ2) is 7.13. The van der Waals surface area contributed by atoms with Crippen molar-refractivity contribution in [1.82, 2.24) is 19.4 Å². The molecule has 0 aliphatic heterocycles. The molecule has 6 nitrogen and oxygen atoms in total. The van der Waals surface area contributed by atoms with E-state index in [-0.39, 0.29) is 11.2 Å². The minimum Gasteiger partial charge on any atom is -0.314 e. The van der Waals surface area contributed by atoms with E-state index in [2.05, 4.69) is 10.2 Å². The summed E-state index contributed by atoms with van der Waals surface area (Å²) in [5, 5.41) is 3.21. The predicted octanol–water partition coefficient (Wildman–Crippen LogP) is -0.819. The maximum Gasteiger partial charge on any atom is 0.330 e. The summed E-state index contributed by atoms with van der Waals surface area (Å²) in [5.41, 5.74) is -0.474. The van der Waals surface area contributed by atoms with Crippen LogP contribution in [-0.2, 0) is 13.1 Å². The van der Waals surface area contributed by atoms with Gasteiger partial charge in [0, 0.05) is 45.0 Å². The van der Waals surface area contributed by atoms with E-state index in [0.717, 1.165) is 13.1 Å². The second-order valence-corrected chi connectivity index (χ2v) is 4.43. The number of likely N-dealkylation sites (N-methyl/N-ethyl adjacent to an activating group) is 1. The smallest absolute Gasteiger partial charge is 0.314 e. The molecule has 0 spiro atoms. The lowest BCUT2D eigenvalue weighted by Crippen LogP contribution is -2.41. The normalized spacial score (nSPS) is 11.1. The van der Waals surface area contributed by atoms with Crippen LogP contribution in [0.1, 0.15) is 6.92 Å². The Kier molecular flexibility index (Phi) is 5.80. The summed E-state index contributed by atoms with van der Waals surface area (Å²) in [5.74, 6) is 0. The Hall–Kier alpha value is -1.40. The third-order valence-corrected chi connectivity index (χ3v) is 2.73. The Bertz CT molecular complexity index is 476. The van der Waals surface area contributed by atoms with E-state index in [4.69, 9.17) is 0 Å². The number of rotatable bonds is 7. The lowest BCUT2D eigenvalue weighted by Gasteiger charge is -2.11. The van der Waals surface area contributed by atoms with Crippen molar-refractivity contribution in [2.24, 2.45) is 0 Å². The molecule has 1 heterocycles. The zero-order valence-electron chi connectivity index (χ0n) is 11.3. The summed E-state index contributed by atoms with van der Waals surface area (Å²) < 4.78 is 2.80. The molecule has 6 heteroatoms. The molecular formula is C12H22N4O2. The van der Waals surface area contributed by atoms with Gasteiger partial charge in [-0.15, -0.1) is 0 Å². The second-order valence-electron chi connectivity index (χ2n) is 4.43. The molecule has 0 saturated heterocycles. The van der Waals surface area contributed by atoms with Gasteiger partial charge < -0.3 is 14.8 Å². The van der Waals surface area contributed by atoms with Crippen LogP contribution in [0.2, 0.25) is 0 Å². The fraction of sp³-hybridized carbons (Fsp3) is 0.667. The van der Waals surface area contributed by atoms with E-state index in [9.17, 15) is 9.59 Å². The first kappa shape index (κ1) is 14.7. The summed E-state index contributed by atoms with van der Waals surface area (Å²) in [6, 6.07) is 1.44. The van der Waals surface area contributed by atoms with Crippen LogP contribution < -0.4 is 16.6 Å². The Morgan fingerprint density at radius 3 is 2.61 bits per heavy atom. The first-order valence-electron chi connectivity index (χ1n) is 6.22. The van der Waals surface area contributed by atoms with Gasteiger partial charge in [0.15, 0.2) is 0 Å². The highest BCUT2D eigenvalue weighted by Crippen LogP contribution is 1.79. The van der Waals surface area contributed by atoms with Crippen LogP contribution >= 0.6 is 0 Å². The average molecular weight is 254 g/mol. The molecule has 0 radical (unpaired) electrons. The average Bonchev–Trinajstić information content (AvgIpc) is 2.32. The van der Waals surface area contributed by atoms with Gasteiger partial charge in [-0.3, -0.25) is 9.36 Å². The molecule has 0 aliphatic carbocycles. The molecule has 0 fully saturated rings. The van der Waals surface area contributed by atoms with E-state index >= 15 is 0 Å². The first-order valence-corrected chi connectivity index (χ1v) is 6.22. The van der Waals surface area contributed by atoms with Crippen molar-refractivity contribution in [2.75, 3.05) is 33.7 Å². The Morgan fingerprint density at radius 2 is 2.00 bits per heavy atom. The lowest BCUT2D eigenvalue weighted by molar-refractivity contribution is 0.396. The van der Waals surface area contributed by atoms with Crippen LogP contribution in [0.15, 0.2) is 21.9 Å². The molecule has 0 bridgehead atoms. The highest BCUT2D eigenvalue weighted by atomic mass is 16.2. The maximum atomic E-state index is 11.9. The molecule has 1 aromatic rings. The van der Waals surface area contributed by atoms with Crippen molar-refractivity contribution >= 4 is 0 Å². The van der Waals surface area contributed by atoms with Gasteiger partial charge in [-0.05, 0) is 21.0 Å². The van der Waals surface area contributed by atoms with Crippen LogP contribution in [0, 0.1) is 0 Å². The van der Waals surface area contributed by atoms with Gasteiger partial charge in [-0.1, -0.05) is 0 Å². The molecule has 0 aromatic carbocycles. The fourth-order valence-corrected chi connectivity index (χ4v) is 1.62. The van der Waals surface area contributed by atoms with Crippen molar-refractivity contribution in [3.8, 4) is 0 Å². The van der Waals surface area contributed by atoms with E-state index in [1.54, 1.807) is 6.20 Å². The van der Waals surface area contributed by atoms with Gasteiger partial charge in [0.25, 0.3) is 5.56 Å². The minimum absolute atomic E-state index is 0.237. The standard InChI is InChI=1S/C12H22N4O2/c1-4-15-8-5-11(17)16(12(15)18)10-7-13-6-9-14(2)3/h5,8,13H,4,6-7,9-10H2,1-3H3. The third-order valence-electron chi connectivity index (χ3n) is 2.73. The summed E-state index contributed by atoms with van der Waals surface area (Å²) >= 11 is 0. The molecule has 1 N–H and O–H groups in total. The summed E-state index contributed by atoms with van der Waals surface area (Å²) in [6.45, 7) is 5.26. The van der Waals surface area contributed by atoms with Crippen molar-refractivity contribution in [2.45, 2.75) is 20.0 Å². The van der Waals surface area contributed by atoms with Gasteiger partial charge >= 0.3 is 5.69 Å². The highest BCUT2D eigenvalue weighted by molar-refractivity contribution is 4.86. The largest absolute Gasteiger partial charge is 0.330 e. The van der Waals surface area contributed by atoms with E-state index in [1.165, 1.54) is 15.2 Å². The van der Waals surface area contributed by atoms with Gasteiger partial charge in [0.05, 0.1) is 0 Å². The van der Waals surface area contributed by atoms with Crippen LogP contribution in [0.5, 0.6) is 0 Å². The molecule has 0 saturated carbocycles. The summed E-state index contributed by atoms with van der Waals surface area (Å²) in [7, 11) is 4.01. The van der Waals surface area contributed by atoms with Crippen molar-refractivity contribution < 1.29 is 0 Å². The monoisotopic (exact) mass is 254 g/mol. The topological polar surface area (TPSA) is 59.3 Å². The van der Waals surface area contributed by atoms with Gasteiger partial charge in [-0.25, -0.2) is 4.79 Å². The Morgan fingerprint density at radius 1 is 1.28 bits per heavy atom. The van der Waals surface area contributed by atoms with Gasteiger partial charge in [0.2, 0.25) is 0 Å². The van der Waals surface area contributed by atoms with Gasteiger partial charge in [0.1, 0.15) is 0 Å². The minimum atomic E-state index is -0.237. The SMILES string of the molecule is CCn1ccc(=O)n(CCNCCN(C)C)c1=O. The van der Waals surface area contributed by atoms with Crippen LogP contribution in [0.4, 0.5) is 0 Å². The number of nitrogens with one attached hydrogen (secondary N) is 1. The molecule has 0 aliphatic rings. The van der Waals surface area contributed by atoms with Gasteiger partial charge in [-0.2, -0.15) is 0 Å². The number of hydrogen-bond acceptors (Lipinski definition) is 4. The molecule has 18 heavy (non-hydrogen) atoms. The summed E-state index contributed by atoms with van der Waals surface area (Å²) in [4.78, 5) is 25.6.